The standard InChI is InChI=1S/C39H76N2O3.Na.H/c1-4-6-8-10-12-14-16-18-20-22-24-26-28-30-32-34-36-41-39(40,38(43)44-3)37(42)35-33-31-29-27-25-23-21-19-17-15-13-11-9-7-5-2;;/h19,21,41H,4-18,20,22-36,40H2,1-3H3;;/b21-19-;;. The number of carbonyl (C=O) groups is 2. The number of unbranched alkanes of at least 4 members (excludes halogenated alkanes) is 26. The van der Waals surface area contributed by atoms with Crippen LogP contribution in [0.3, 0.4) is 0 Å². The van der Waals surface area contributed by atoms with E-state index in [2.05, 4.69) is 31.3 Å². The van der Waals surface area contributed by atoms with Crippen LogP contribution in [-0.4, -0.2) is 60.6 Å². The number of nitrogens with two attached hydrogens (primary N) is 1. The summed E-state index contributed by atoms with van der Waals surface area (Å²) in [5.41, 5.74) is 4.56. The van der Waals surface area contributed by atoms with Crippen LogP contribution in [0.15, 0.2) is 12.2 Å². The van der Waals surface area contributed by atoms with Crippen molar-refractivity contribution in [1.29, 1.82) is 0 Å². The topological polar surface area (TPSA) is 81.4 Å². The van der Waals surface area contributed by atoms with Gasteiger partial charge in [0, 0.05) is 6.42 Å². The molecule has 0 aromatic rings. The quantitative estimate of drug-likeness (QED) is 0.0179. The number of hydrogen-bond acceptors (Lipinski definition) is 5. The number of allylic oxidation sites excluding steroid dienone is 2. The van der Waals surface area contributed by atoms with Crippen molar-refractivity contribution >= 4 is 41.3 Å². The summed E-state index contributed by atoms with van der Waals surface area (Å²) < 4.78 is 4.90. The van der Waals surface area contributed by atoms with Crippen molar-refractivity contribution in [2.75, 3.05) is 13.7 Å². The molecule has 0 aromatic heterocycles. The first-order valence-corrected chi connectivity index (χ1v) is 19.3. The predicted octanol–water partition coefficient (Wildman–Crippen LogP) is 10.6. The molecule has 3 N–H and O–H groups in total. The molecule has 0 saturated heterocycles. The molecule has 0 rings (SSSR count). The number of esters is 1. The molecule has 0 saturated carbocycles. The molecule has 0 aliphatic carbocycles. The number of methoxy groups -OCH3 is 1. The zero-order valence-corrected chi connectivity index (χ0v) is 29.9. The third-order valence-electron chi connectivity index (χ3n) is 9.05. The Kier molecular flexibility index (Phi) is 38.2. The average molecular weight is 645 g/mol. The van der Waals surface area contributed by atoms with Crippen LogP contribution < -0.4 is 11.1 Å². The Morgan fingerprint density at radius 3 is 1.27 bits per heavy atom. The molecule has 0 fully saturated rings. The zero-order valence-electron chi connectivity index (χ0n) is 29.9. The van der Waals surface area contributed by atoms with E-state index in [0.717, 1.165) is 38.5 Å². The van der Waals surface area contributed by atoms with Gasteiger partial charge in [0.1, 0.15) is 0 Å². The van der Waals surface area contributed by atoms with Crippen molar-refractivity contribution in [1.82, 2.24) is 5.32 Å². The molecule has 0 spiro atoms. The SMILES string of the molecule is CCCCCCCC/C=C\CCCCCCCC(=O)C(N)(NCCCCCCCCCCCCCCCCCC)C(=O)OC.[NaH]. The molecule has 0 heterocycles. The number of ketones is 1. The molecule has 6 heteroatoms. The Balaban J connectivity index is 0. The van der Waals surface area contributed by atoms with E-state index < -0.39 is 11.6 Å². The van der Waals surface area contributed by atoms with Crippen LogP contribution in [0.5, 0.6) is 0 Å². The number of rotatable bonds is 35. The van der Waals surface area contributed by atoms with Crippen LogP contribution in [-0.2, 0) is 14.3 Å². The Hall–Kier alpha value is -0.200. The summed E-state index contributed by atoms with van der Waals surface area (Å²) in [6.07, 6.45) is 41.8. The first-order chi connectivity index (χ1) is 21.5. The van der Waals surface area contributed by atoms with Crippen LogP contribution in [0.2, 0.25) is 0 Å². The Morgan fingerprint density at radius 2 is 0.889 bits per heavy atom. The fourth-order valence-electron chi connectivity index (χ4n) is 5.96. The molecule has 0 aromatic carbocycles. The molecule has 0 amide bonds. The Bertz CT molecular complexity index is 673. The van der Waals surface area contributed by atoms with Crippen molar-refractivity contribution in [2.24, 2.45) is 5.73 Å². The van der Waals surface area contributed by atoms with Gasteiger partial charge in [0.25, 0.3) is 0 Å². The number of carbonyl (C=O) groups excluding carboxylic acids is 2. The summed E-state index contributed by atoms with van der Waals surface area (Å²) in [6.45, 7) is 5.10. The molecule has 1 unspecified atom stereocenters. The molecule has 0 radical (unpaired) electrons. The normalized spacial score (nSPS) is 12.7. The first-order valence-electron chi connectivity index (χ1n) is 19.3. The molecule has 1 atom stereocenters. The molecule has 45 heavy (non-hydrogen) atoms. The van der Waals surface area contributed by atoms with Gasteiger partial charge in [0.15, 0.2) is 5.78 Å². The summed E-state index contributed by atoms with van der Waals surface area (Å²) in [4.78, 5) is 25.3. The van der Waals surface area contributed by atoms with Gasteiger partial charge in [-0.3, -0.25) is 15.8 Å². The van der Waals surface area contributed by atoms with Crippen LogP contribution in [0.4, 0.5) is 0 Å². The fraction of sp³-hybridized carbons (Fsp3) is 0.897. The van der Waals surface area contributed by atoms with Gasteiger partial charge in [-0.05, 0) is 45.1 Å². The van der Waals surface area contributed by atoms with Gasteiger partial charge in [-0.25, -0.2) is 4.79 Å². The number of ether oxygens (including phenoxy) is 1. The molecule has 0 aliphatic heterocycles. The monoisotopic (exact) mass is 645 g/mol. The average Bonchev–Trinajstić information content (AvgIpc) is 3.03. The molecule has 262 valence electrons. The third-order valence-corrected chi connectivity index (χ3v) is 9.05. The van der Waals surface area contributed by atoms with Crippen molar-refractivity contribution in [2.45, 2.75) is 212 Å². The van der Waals surface area contributed by atoms with Gasteiger partial charge in [0.2, 0.25) is 5.66 Å². The summed E-state index contributed by atoms with van der Waals surface area (Å²) >= 11 is 0. The molecule has 0 aliphatic rings. The minimum atomic E-state index is -1.72. The fourth-order valence-corrected chi connectivity index (χ4v) is 5.96. The Labute approximate surface area is 303 Å². The summed E-state index contributed by atoms with van der Waals surface area (Å²) in [7, 11) is 1.30. The van der Waals surface area contributed by atoms with Crippen molar-refractivity contribution in [3.8, 4) is 0 Å². The van der Waals surface area contributed by atoms with E-state index in [-0.39, 0.29) is 35.3 Å². The van der Waals surface area contributed by atoms with E-state index in [1.54, 1.807) is 0 Å². The van der Waals surface area contributed by atoms with Crippen molar-refractivity contribution in [3.63, 3.8) is 0 Å². The van der Waals surface area contributed by atoms with Crippen LogP contribution in [0.25, 0.3) is 0 Å². The van der Waals surface area contributed by atoms with Gasteiger partial charge in [-0.2, -0.15) is 0 Å². The summed E-state index contributed by atoms with van der Waals surface area (Å²) in [6, 6.07) is 0. The van der Waals surface area contributed by atoms with Crippen LogP contribution in [0.1, 0.15) is 206 Å². The predicted molar refractivity (Wildman–Crippen MR) is 198 cm³/mol. The minimum absolute atomic E-state index is 0. The number of nitrogens with one attached hydrogen (secondary N) is 1. The van der Waals surface area contributed by atoms with Gasteiger partial charge in [-0.1, -0.05) is 174 Å². The maximum atomic E-state index is 12.9. The molecule has 0 bridgehead atoms. The van der Waals surface area contributed by atoms with Gasteiger partial charge < -0.3 is 4.74 Å². The first kappa shape index (κ1) is 46.9. The van der Waals surface area contributed by atoms with E-state index in [1.165, 1.54) is 155 Å². The van der Waals surface area contributed by atoms with E-state index in [4.69, 9.17) is 10.5 Å². The van der Waals surface area contributed by atoms with Gasteiger partial charge >= 0.3 is 35.5 Å². The maximum absolute atomic E-state index is 12.9. The second-order valence-corrected chi connectivity index (χ2v) is 13.3. The molecular weight excluding hydrogens is 567 g/mol. The van der Waals surface area contributed by atoms with Crippen LogP contribution in [0, 0.1) is 0 Å². The summed E-state index contributed by atoms with van der Waals surface area (Å²) in [5.74, 6) is -0.926. The zero-order chi connectivity index (χ0) is 32.4. The third kappa shape index (κ3) is 29.7. The molecular formula is C39H77N2NaO3. The van der Waals surface area contributed by atoms with E-state index in [1.807, 2.05) is 0 Å². The second kappa shape index (κ2) is 36.6. The number of Topliss-reactive ketones (excluding diaryl/α,β-unsaturated/α-hetero) is 1. The number of hydrogen-bond donors (Lipinski definition) is 2. The van der Waals surface area contributed by atoms with E-state index in [0.29, 0.717) is 13.0 Å². The Morgan fingerprint density at radius 1 is 0.556 bits per heavy atom. The van der Waals surface area contributed by atoms with Gasteiger partial charge in [0.05, 0.1) is 7.11 Å². The van der Waals surface area contributed by atoms with Crippen molar-refractivity contribution < 1.29 is 14.3 Å². The van der Waals surface area contributed by atoms with Gasteiger partial charge in [-0.15, -0.1) is 0 Å². The molecule has 5 nitrogen and oxygen atoms in total. The van der Waals surface area contributed by atoms with Crippen LogP contribution >= 0.6 is 0 Å². The second-order valence-electron chi connectivity index (χ2n) is 13.3. The van der Waals surface area contributed by atoms with E-state index >= 15 is 0 Å². The summed E-state index contributed by atoms with van der Waals surface area (Å²) in [5, 5.41) is 3.04. The van der Waals surface area contributed by atoms with Crippen molar-refractivity contribution in [3.05, 3.63) is 12.2 Å². The van der Waals surface area contributed by atoms with E-state index in [9.17, 15) is 9.59 Å².